The van der Waals surface area contributed by atoms with Crippen molar-refractivity contribution in [2.24, 2.45) is 0 Å². The van der Waals surface area contributed by atoms with E-state index in [0.717, 1.165) is 0 Å². The van der Waals surface area contributed by atoms with Crippen LogP contribution in [0.2, 0.25) is 10.0 Å². The Labute approximate surface area is 159 Å². The van der Waals surface area contributed by atoms with Gasteiger partial charge in [-0.25, -0.2) is 13.5 Å². The number of hydrogen-bond acceptors (Lipinski definition) is 2. The van der Waals surface area contributed by atoms with Crippen LogP contribution in [0.4, 0.5) is 8.78 Å². The fourth-order valence-corrected chi connectivity index (χ4v) is 2.86. The number of halogens is 5. The molecule has 0 aliphatic carbocycles. The predicted octanol–water partition coefficient (Wildman–Crippen LogP) is 5.70. The molecule has 3 aromatic rings. The second-order valence-corrected chi connectivity index (χ2v) is 6.68. The van der Waals surface area contributed by atoms with E-state index in [9.17, 15) is 13.6 Å². The molecule has 8 heteroatoms. The van der Waals surface area contributed by atoms with E-state index in [-0.39, 0.29) is 19.5 Å². The van der Waals surface area contributed by atoms with Crippen LogP contribution in [-0.2, 0) is 0 Å². The molecule has 24 heavy (non-hydrogen) atoms. The van der Waals surface area contributed by atoms with Crippen molar-refractivity contribution in [2.45, 2.75) is 0 Å². The van der Waals surface area contributed by atoms with Gasteiger partial charge in [0.1, 0.15) is 17.3 Å². The summed E-state index contributed by atoms with van der Waals surface area (Å²) in [5, 5.41) is 4.32. The van der Waals surface area contributed by atoms with E-state index in [1.165, 1.54) is 41.1 Å². The van der Waals surface area contributed by atoms with Gasteiger partial charge in [-0.1, -0.05) is 23.2 Å². The molecule has 0 saturated carbocycles. The first-order valence-electron chi connectivity index (χ1n) is 6.57. The van der Waals surface area contributed by atoms with Crippen molar-refractivity contribution >= 4 is 49.6 Å². The van der Waals surface area contributed by atoms with Crippen molar-refractivity contribution in [3.8, 4) is 16.9 Å². The highest BCUT2D eigenvalue weighted by molar-refractivity contribution is 14.1. The van der Waals surface area contributed by atoms with Gasteiger partial charge in [0.05, 0.1) is 16.4 Å². The normalized spacial score (nSPS) is 10.9. The van der Waals surface area contributed by atoms with Gasteiger partial charge in [-0.2, -0.15) is 5.10 Å². The Kier molecular flexibility index (Phi) is 4.89. The highest BCUT2D eigenvalue weighted by Crippen LogP contribution is 2.29. The molecule has 0 N–H and O–H groups in total. The van der Waals surface area contributed by atoms with Crippen LogP contribution in [0.25, 0.3) is 16.9 Å². The summed E-state index contributed by atoms with van der Waals surface area (Å²) in [6.07, 6.45) is 0. The van der Waals surface area contributed by atoms with E-state index >= 15 is 0 Å². The molecular weight excluding hydrogens is 472 g/mol. The van der Waals surface area contributed by atoms with Gasteiger partial charge in [-0.15, -0.1) is 0 Å². The van der Waals surface area contributed by atoms with Crippen molar-refractivity contribution in [3.05, 3.63) is 69.8 Å². The van der Waals surface area contributed by atoms with Crippen molar-refractivity contribution < 1.29 is 13.6 Å². The summed E-state index contributed by atoms with van der Waals surface area (Å²) in [7, 11) is 0. The zero-order valence-corrected chi connectivity index (χ0v) is 15.4. The van der Waals surface area contributed by atoms with E-state index in [4.69, 9.17) is 23.2 Å². The van der Waals surface area contributed by atoms with E-state index in [0.29, 0.717) is 16.9 Å². The zero-order valence-electron chi connectivity index (χ0n) is 11.7. The molecule has 0 fully saturated rings. The molecule has 1 aromatic heterocycles. The second-order valence-electron chi connectivity index (χ2n) is 4.86. The van der Waals surface area contributed by atoms with Crippen molar-refractivity contribution in [1.29, 1.82) is 0 Å². The minimum Gasteiger partial charge on any atom is -0.280 e. The molecule has 0 unspecified atom stereocenters. The lowest BCUT2D eigenvalue weighted by atomic mass is 10.1. The first-order chi connectivity index (χ1) is 11.3. The number of hydrogen-bond donors (Lipinski definition) is 0. The molecule has 0 aliphatic heterocycles. The van der Waals surface area contributed by atoms with Crippen molar-refractivity contribution in [2.75, 3.05) is 0 Å². The lowest BCUT2D eigenvalue weighted by molar-refractivity contribution is 0.110. The van der Waals surface area contributed by atoms with Crippen LogP contribution in [0.5, 0.6) is 0 Å². The maximum absolute atomic E-state index is 13.7. The molecule has 0 spiro atoms. The number of benzene rings is 2. The van der Waals surface area contributed by atoms with Gasteiger partial charge in [-0.3, -0.25) is 4.79 Å². The number of aromatic nitrogens is 2. The minimum atomic E-state index is -0.576. The van der Waals surface area contributed by atoms with Crippen LogP contribution in [0.3, 0.4) is 0 Å². The minimum absolute atomic E-state index is 0.0893. The molecule has 122 valence electrons. The number of carbonyl (C=O) groups excluding carboxylic acids is 1. The monoisotopic (exact) mass is 478 g/mol. The van der Waals surface area contributed by atoms with Gasteiger partial charge in [0, 0.05) is 33.2 Å². The van der Waals surface area contributed by atoms with E-state index in [1.807, 2.05) is 0 Å². The Bertz CT molecular complexity index is 939. The van der Waals surface area contributed by atoms with Gasteiger partial charge in [0.25, 0.3) is 0 Å². The van der Waals surface area contributed by atoms with E-state index < -0.39 is 11.6 Å². The number of rotatable bonds is 3. The van der Waals surface area contributed by atoms with Crippen molar-refractivity contribution in [3.63, 3.8) is 0 Å². The Balaban J connectivity index is 2.24. The lowest BCUT2D eigenvalue weighted by Crippen LogP contribution is -2.01. The maximum atomic E-state index is 13.7. The van der Waals surface area contributed by atoms with Gasteiger partial charge >= 0.3 is 0 Å². The van der Waals surface area contributed by atoms with E-state index in [1.54, 1.807) is 28.7 Å². The molecule has 3 nitrogen and oxygen atoms in total. The number of nitrogens with zero attached hydrogens (tertiary/aromatic N) is 2. The first-order valence-corrected chi connectivity index (χ1v) is 8.40. The number of carbonyl (C=O) groups is 1. The topological polar surface area (TPSA) is 34.9 Å². The van der Waals surface area contributed by atoms with Crippen LogP contribution in [-0.4, -0.2) is 13.6 Å². The summed E-state index contributed by atoms with van der Waals surface area (Å²) in [6, 6.07) is 9.52. The van der Waals surface area contributed by atoms with Gasteiger partial charge in [-0.05, 0) is 42.5 Å². The Hall–Kier alpha value is -1.51. The second kappa shape index (κ2) is 6.78. The average Bonchev–Trinajstić information content (AvgIpc) is 2.94. The Morgan fingerprint density at radius 3 is 2.46 bits per heavy atom. The average molecular weight is 479 g/mol. The smallest absolute Gasteiger partial charge is 0.242 e. The molecular formula is C16H7Cl2F2IN2O. The molecule has 0 radical (unpaired) electrons. The van der Waals surface area contributed by atoms with Crippen LogP contribution in [0, 0.1) is 11.6 Å². The molecule has 0 amide bonds. The van der Waals surface area contributed by atoms with Crippen molar-refractivity contribution in [1.82, 2.24) is 9.78 Å². The molecule has 3 rings (SSSR count). The quantitative estimate of drug-likeness (QED) is 0.357. The van der Waals surface area contributed by atoms with Gasteiger partial charge in [0.2, 0.25) is 3.79 Å². The van der Waals surface area contributed by atoms with E-state index in [2.05, 4.69) is 5.10 Å². The van der Waals surface area contributed by atoms with Crippen LogP contribution >= 0.6 is 45.8 Å². The molecule has 0 bridgehead atoms. The standard InChI is InChI=1S/C16H7Cl2F2IN2O/c17-9-3-8(4-10(19)5-9)15-7-14(16(21)24)22-23(15)11-1-2-13(20)12(18)6-11/h1-7H. The molecule has 0 aliphatic rings. The fourth-order valence-electron chi connectivity index (χ4n) is 2.20. The van der Waals surface area contributed by atoms with Gasteiger partial charge < -0.3 is 0 Å². The van der Waals surface area contributed by atoms with Crippen LogP contribution in [0.1, 0.15) is 10.5 Å². The summed E-state index contributed by atoms with van der Waals surface area (Å²) in [4.78, 5) is 11.7. The SMILES string of the molecule is O=C(I)c1cc(-c2cc(F)cc(Cl)c2)n(-c2ccc(F)c(Cl)c2)n1. The zero-order chi connectivity index (χ0) is 17.4. The Morgan fingerprint density at radius 1 is 1.08 bits per heavy atom. The first kappa shape index (κ1) is 17.3. The van der Waals surface area contributed by atoms with Gasteiger partial charge in [0.15, 0.2) is 0 Å². The third-order valence-corrected chi connectivity index (χ3v) is 4.28. The van der Waals surface area contributed by atoms with Crippen LogP contribution < -0.4 is 0 Å². The molecule has 1 heterocycles. The fraction of sp³-hybridized carbons (Fsp3) is 0. The summed E-state index contributed by atoms with van der Waals surface area (Å²) in [6.45, 7) is 0. The highest BCUT2D eigenvalue weighted by Gasteiger charge is 2.17. The lowest BCUT2D eigenvalue weighted by Gasteiger charge is -2.09. The summed E-state index contributed by atoms with van der Waals surface area (Å²) in [5.41, 5.74) is 1.46. The molecule has 2 aromatic carbocycles. The third kappa shape index (κ3) is 3.45. The third-order valence-electron chi connectivity index (χ3n) is 3.22. The molecule has 0 atom stereocenters. The predicted molar refractivity (Wildman–Crippen MR) is 97.3 cm³/mol. The maximum Gasteiger partial charge on any atom is 0.242 e. The Morgan fingerprint density at radius 2 is 1.83 bits per heavy atom. The summed E-state index contributed by atoms with van der Waals surface area (Å²) in [5.74, 6) is -1.10. The summed E-state index contributed by atoms with van der Waals surface area (Å²) >= 11 is 13.3. The highest BCUT2D eigenvalue weighted by atomic mass is 127. The summed E-state index contributed by atoms with van der Waals surface area (Å²) < 4.78 is 28.2. The largest absolute Gasteiger partial charge is 0.280 e. The van der Waals surface area contributed by atoms with Crippen LogP contribution in [0.15, 0.2) is 42.5 Å². The molecule has 0 saturated heterocycles.